The van der Waals surface area contributed by atoms with Crippen molar-refractivity contribution in [1.82, 2.24) is 23.1 Å². The van der Waals surface area contributed by atoms with E-state index in [-0.39, 0.29) is 11.2 Å². The number of hydrogen-bond donors (Lipinski definition) is 0. The van der Waals surface area contributed by atoms with Crippen molar-refractivity contribution in [2.24, 2.45) is 13.0 Å². The molecule has 0 aliphatic carbocycles. The van der Waals surface area contributed by atoms with E-state index in [0.29, 0.717) is 23.6 Å². The normalized spacial score (nSPS) is 12.1. The van der Waals surface area contributed by atoms with Crippen LogP contribution >= 0.6 is 0 Å². The molecule has 3 rings (SSSR count). The van der Waals surface area contributed by atoms with E-state index in [1.54, 1.807) is 7.05 Å². The highest BCUT2D eigenvalue weighted by Crippen LogP contribution is 2.20. The van der Waals surface area contributed by atoms with Gasteiger partial charge in [0.2, 0.25) is 5.78 Å². The molecule has 0 aliphatic rings. The Morgan fingerprint density at radius 3 is 2.33 bits per heavy atom. The summed E-state index contributed by atoms with van der Waals surface area (Å²) in [6, 6.07) is 0. The zero-order valence-electron chi connectivity index (χ0n) is 15.3. The topological polar surface area (TPSA) is 66.2 Å². The Labute approximate surface area is 140 Å². The fraction of sp³-hybridized carbons (Fsp3) is 0.588. The molecule has 0 bridgehead atoms. The first-order valence-electron chi connectivity index (χ1n) is 8.47. The first-order chi connectivity index (χ1) is 11.3. The van der Waals surface area contributed by atoms with Crippen molar-refractivity contribution in [3.8, 4) is 0 Å². The Morgan fingerprint density at radius 1 is 1.08 bits per heavy atom. The van der Waals surface area contributed by atoms with Crippen molar-refractivity contribution in [2.45, 2.75) is 54.1 Å². The lowest BCUT2D eigenvalue weighted by Gasteiger charge is -2.09. The molecule has 130 valence electrons. The number of aromatic nitrogens is 5. The van der Waals surface area contributed by atoms with Gasteiger partial charge in [0.05, 0.1) is 0 Å². The van der Waals surface area contributed by atoms with Crippen molar-refractivity contribution < 1.29 is 0 Å². The van der Waals surface area contributed by atoms with Gasteiger partial charge in [-0.05, 0) is 33.1 Å². The fourth-order valence-electron chi connectivity index (χ4n) is 3.28. The van der Waals surface area contributed by atoms with Crippen LogP contribution in [0.15, 0.2) is 9.59 Å². The molecule has 0 radical (unpaired) electrons. The van der Waals surface area contributed by atoms with Gasteiger partial charge in [0.1, 0.15) is 0 Å². The third-order valence-corrected chi connectivity index (χ3v) is 4.88. The summed E-state index contributed by atoms with van der Waals surface area (Å²) in [5, 5.41) is 0. The molecule has 0 saturated carbocycles. The van der Waals surface area contributed by atoms with Crippen LogP contribution in [0.5, 0.6) is 0 Å². The Kier molecular flexibility index (Phi) is 3.89. The van der Waals surface area contributed by atoms with Gasteiger partial charge in [0.25, 0.3) is 5.56 Å². The van der Waals surface area contributed by atoms with Gasteiger partial charge in [-0.15, -0.1) is 0 Å². The lowest BCUT2D eigenvalue weighted by Crippen LogP contribution is -2.39. The number of nitrogens with zero attached hydrogens (tertiary/aromatic N) is 5. The number of imidazole rings is 2. The van der Waals surface area contributed by atoms with Gasteiger partial charge in [0, 0.05) is 31.5 Å². The SMILES string of the molecule is CCn1c(C)c(C)n2c3c(=O)n(CCC(C)C)c(=O)n(C)c3nc12. The van der Waals surface area contributed by atoms with Crippen LogP contribution in [0.3, 0.4) is 0 Å². The van der Waals surface area contributed by atoms with E-state index in [4.69, 9.17) is 0 Å². The predicted octanol–water partition coefficient (Wildman–Crippen LogP) is 1.83. The zero-order chi connectivity index (χ0) is 17.8. The first kappa shape index (κ1) is 16.5. The summed E-state index contributed by atoms with van der Waals surface area (Å²) in [4.78, 5) is 30.2. The van der Waals surface area contributed by atoms with E-state index in [9.17, 15) is 9.59 Å². The molecular formula is C17H25N5O2. The molecule has 3 aromatic rings. The molecule has 0 atom stereocenters. The van der Waals surface area contributed by atoms with Crippen molar-refractivity contribution in [2.75, 3.05) is 0 Å². The minimum atomic E-state index is -0.300. The van der Waals surface area contributed by atoms with Gasteiger partial charge < -0.3 is 4.57 Å². The molecule has 0 unspecified atom stereocenters. The van der Waals surface area contributed by atoms with Crippen molar-refractivity contribution >= 4 is 16.9 Å². The van der Waals surface area contributed by atoms with Gasteiger partial charge in [0.15, 0.2) is 11.2 Å². The number of aryl methyl sites for hydroxylation is 3. The van der Waals surface area contributed by atoms with Crippen LogP contribution in [0.25, 0.3) is 16.9 Å². The van der Waals surface area contributed by atoms with E-state index in [0.717, 1.165) is 30.1 Å². The van der Waals surface area contributed by atoms with Gasteiger partial charge in [-0.3, -0.25) is 18.3 Å². The van der Waals surface area contributed by atoms with Crippen molar-refractivity contribution in [3.05, 3.63) is 32.2 Å². The minimum Gasteiger partial charge on any atom is -0.314 e. The van der Waals surface area contributed by atoms with Crippen LogP contribution < -0.4 is 11.2 Å². The van der Waals surface area contributed by atoms with Gasteiger partial charge in [-0.1, -0.05) is 13.8 Å². The molecule has 0 spiro atoms. The summed E-state index contributed by atoms with van der Waals surface area (Å²) < 4.78 is 6.78. The van der Waals surface area contributed by atoms with Crippen LogP contribution in [-0.4, -0.2) is 23.1 Å². The highest BCUT2D eigenvalue weighted by molar-refractivity contribution is 5.76. The van der Waals surface area contributed by atoms with E-state index in [1.807, 2.05) is 25.2 Å². The number of rotatable bonds is 4. The van der Waals surface area contributed by atoms with E-state index in [1.165, 1.54) is 9.13 Å². The summed E-state index contributed by atoms with van der Waals surface area (Å²) in [5.74, 6) is 1.14. The molecule has 3 heterocycles. The summed E-state index contributed by atoms with van der Waals surface area (Å²) in [5.41, 5.74) is 2.46. The van der Waals surface area contributed by atoms with E-state index in [2.05, 4.69) is 23.4 Å². The van der Waals surface area contributed by atoms with E-state index < -0.39 is 0 Å². The second-order valence-corrected chi connectivity index (χ2v) is 6.82. The van der Waals surface area contributed by atoms with Crippen LogP contribution in [0.2, 0.25) is 0 Å². The smallest absolute Gasteiger partial charge is 0.314 e. The number of fused-ring (bicyclic) bond motifs is 3. The summed E-state index contributed by atoms with van der Waals surface area (Å²) in [6.45, 7) is 11.4. The first-order valence-corrected chi connectivity index (χ1v) is 8.47. The van der Waals surface area contributed by atoms with Crippen LogP contribution in [0.4, 0.5) is 0 Å². The predicted molar refractivity (Wildman–Crippen MR) is 94.8 cm³/mol. The molecule has 7 heteroatoms. The molecular weight excluding hydrogens is 306 g/mol. The lowest BCUT2D eigenvalue weighted by atomic mass is 10.1. The van der Waals surface area contributed by atoms with Gasteiger partial charge in [-0.25, -0.2) is 4.79 Å². The minimum absolute atomic E-state index is 0.252. The maximum absolute atomic E-state index is 13.0. The summed E-state index contributed by atoms with van der Waals surface area (Å²) in [7, 11) is 1.68. The maximum atomic E-state index is 13.0. The lowest BCUT2D eigenvalue weighted by molar-refractivity contribution is 0.488. The van der Waals surface area contributed by atoms with Crippen molar-refractivity contribution in [3.63, 3.8) is 0 Å². The second kappa shape index (κ2) is 5.65. The molecule has 0 aromatic carbocycles. The maximum Gasteiger partial charge on any atom is 0.332 e. The Morgan fingerprint density at radius 2 is 1.75 bits per heavy atom. The average molecular weight is 331 g/mol. The molecule has 0 fully saturated rings. The van der Waals surface area contributed by atoms with E-state index >= 15 is 0 Å². The third-order valence-electron chi connectivity index (χ3n) is 4.88. The van der Waals surface area contributed by atoms with Crippen LogP contribution in [0, 0.1) is 19.8 Å². The summed E-state index contributed by atoms with van der Waals surface area (Å²) >= 11 is 0. The van der Waals surface area contributed by atoms with Crippen LogP contribution in [-0.2, 0) is 20.1 Å². The quantitative estimate of drug-likeness (QED) is 0.732. The Bertz CT molecular complexity index is 1050. The zero-order valence-corrected chi connectivity index (χ0v) is 15.3. The average Bonchev–Trinajstić information content (AvgIpc) is 3.02. The highest BCUT2D eigenvalue weighted by atomic mass is 16.2. The summed E-state index contributed by atoms with van der Waals surface area (Å²) in [6.07, 6.45) is 0.788. The van der Waals surface area contributed by atoms with Gasteiger partial charge in [-0.2, -0.15) is 4.98 Å². The molecule has 0 N–H and O–H groups in total. The second-order valence-electron chi connectivity index (χ2n) is 6.82. The third kappa shape index (κ3) is 2.14. The highest BCUT2D eigenvalue weighted by Gasteiger charge is 2.21. The van der Waals surface area contributed by atoms with Crippen LogP contribution in [0.1, 0.15) is 38.6 Å². The van der Waals surface area contributed by atoms with Crippen molar-refractivity contribution in [1.29, 1.82) is 0 Å². The molecule has 24 heavy (non-hydrogen) atoms. The number of hydrogen-bond acceptors (Lipinski definition) is 3. The Hall–Kier alpha value is -2.31. The monoisotopic (exact) mass is 331 g/mol. The molecule has 7 nitrogen and oxygen atoms in total. The van der Waals surface area contributed by atoms with Gasteiger partial charge >= 0.3 is 5.69 Å². The fourth-order valence-corrected chi connectivity index (χ4v) is 3.28. The molecule has 0 saturated heterocycles. The molecule has 3 aromatic heterocycles. The largest absolute Gasteiger partial charge is 0.332 e. The standard InChI is InChI=1S/C17H25N5O2/c1-7-20-11(4)12(5)22-13-14(18-16(20)22)19(6)17(24)21(15(13)23)9-8-10(2)3/h10H,7-9H2,1-6H3. The molecule has 0 aliphatic heterocycles. The Balaban J connectivity index is 2.45. The molecule has 0 amide bonds.